The van der Waals surface area contributed by atoms with Gasteiger partial charge >= 0.3 is 0 Å². The van der Waals surface area contributed by atoms with E-state index >= 15 is 0 Å². The van der Waals surface area contributed by atoms with Gasteiger partial charge in [0.15, 0.2) is 10.6 Å². The molecule has 0 aliphatic carbocycles. The maximum Gasteiger partial charge on any atom is 0.260 e. The summed E-state index contributed by atoms with van der Waals surface area (Å²) in [4.78, 5) is 16.4. The summed E-state index contributed by atoms with van der Waals surface area (Å²) in [7, 11) is 1.56. The molecule has 3 aromatic rings. The monoisotopic (exact) mass is 429 g/mol. The number of benzene rings is 1. The average molecular weight is 431 g/mol. The molecule has 26 heavy (non-hydrogen) atoms. The van der Waals surface area contributed by atoms with Crippen molar-refractivity contribution in [3.63, 3.8) is 0 Å². The number of aromatic nitrogens is 2. The number of hydrogen-bond acceptors (Lipinski definition) is 4. The zero-order valence-corrected chi connectivity index (χ0v) is 16.3. The van der Waals surface area contributed by atoms with Crippen LogP contribution in [-0.4, -0.2) is 27.9 Å². The molecule has 2 aromatic heterocycles. The highest BCUT2D eigenvalue weighted by Crippen LogP contribution is 2.35. The van der Waals surface area contributed by atoms with Gasteiger partial charge in [0, 0.05) is 30.6 Å². The van der Waals surface area contributed by atoms with Crippen LogP contribution in [0.4, 0.5) is 5.69 Å². The Kier molecular flexibility index (Phi) is 5.73. The first-order valence-electron chi connectivity index (χ1n) is 7.31. The summed E-state index contributed by atoms with van der Waals surface area (Å²) in [6.07, 6.45) is 1.54. The van der Waals surface area contributed by atoms with Gasteiger partial charge in [-0.25, -0.2) is 0 Å². The molecule has 0 unspecified atom stereocenters. The van der Waals surface area contributed by atoms with Gasteiger partial charge < -0.3 is 9.42 Å². The Morgan fingerprint density at radius 1 is 1.12 bits per heavy atom. The van der Waals surface area contributed by atoms with Crippen LogP contribution in [0.15, 0.2) is 47.1 Å². The molecule has 0 N–H and O–H groups in total. The van der Waals surface area contributed by atoms with Gasteiger partial charge in [0.2, 0.25) is 0 Å². The van der Waals surface area contributed by atoms with E-state index < -0.39 is 10.7 Å². The summed E-state index contributed by atoms with van der Waals surface area (Å²) >= 11 is 23.7. The smallest absolute Gasteiger partial charge is 0.260 e. The number of rotatable bonds is 4. The third-order valence-electron chi connectivity index (χ3n) is 3.63. The third-order valence-corrected chi connectivity index (χ3v) is 4.63. The normalized spacial score (nSPS) is 11.0. The largest absolute Gasteiger partial charge is 0.354 e. The molecule has 134 valence electrons. The SMILES string of the molecule is CN(C(=O)C(Cl)Cl)c1ccnc(-c2cc(-c3c(Cl)cccc3Cl)no2)c1. The van der Waals surface area contributed by atoms with Crippen LogP contribution in [-0.2, 0) is 4.79 Å². The maximum atomic E-state index is 11.9. The number of anilines is 1. The van der Waals surface area contributed by atoms with E-state index in [2.05, 4.69) is 10.1 Å². The lowest BCUT2D eigenvalue weighted by Crippen LogP contribution is -2.30. The van der Waals surface area contributed by atoms with Crippen LogP contribution in [0.25, 0.3) is 22.7 Å². The van der Waals surface area contributed by atoms with Gasteiger partial charge in [0.25, 0.3) is 5.91 Å². The van der Waals surface area contributed by atoms with E-state index in [1.165, 1.54) is 11.1 Å². The molecule has 0 saturated carbocycles. The molecule has 2 heterocycles. The second kappa shape index (κ2) is 7.84. The fraction of sp³-hybridized carbons (Fsp3) is 0.118. The molecule has 0 radical (unpaired) electrons. The second-order valence-corrected chi connectivity index (χ2v) is 7.18. The van der Waals surface area contributed by atoms with Crippen LogP contribution in [0.1, 0.15) is 0 Å². The van der Waals surface area contributed by atoms with Gasteiger partial charge in [0.05, 0.1) is 10.0 Å². The molecule has 0 spiro atoms. The number of halogens is 4. The van der Waals surface area contributed by atoms with E-state index in [0.717, 1.165) is 0 Å². The minimum Gasteiger partial charge on any atom is -0.354 e. The van der Waals surface area contributed by atoms with Gasteiger partial charge in [-0.3, -0.25) is 9.78 Å². The average Bonchev–Trinajstić information content (AvgIpc) is 3.10. The Morgan fingerprint density at radius 2 is 1.81 bits per heavy atom. The number of amides is 1. The number of alkyl halides is 2. The highest BCUT2D eigenvalue weighted by atomic mass is 35.5. The summed E-state index contributed by atoms with van der Waals surface area (Å²) in [6.45, 7) is 0. The van der Waals surface area contributed by atoms with Crippen LogP contribution in [0.3, 0.4) is 0 Å². The van der Waals surface area contributed by atoms with Crippen molar-refractivity contribution in [2.75, 3.05) is 11.9 Å². The van der Waals surface area contributed by atoms with Crippen LogP contribution < -0.4 is 4.90 Å². The summed E-state index contributed by atoms with van der Waals surface area (Å²) < 4.78 is 5.37. The van der Waals surface area contributed by atoms with Crippen molar-refractivity contribution in [1.82, 2.24) is 10.1 Å². The summed E-state index contributed by atoms with van der Waals surface area (Å²) in [5, 5.41) is 4.93. The second-order valence-electron chi connectivity index (χ2n) is 5.27. The molecule has 0 saturated heterocycles. The molecule has 1 amide bonds. The lowest BCUT2D eigenvalue weighted by molar-refractivity contribution is -0.116. The standard InChI is InChI=1S/C17H11Cl4N3O2/c1-24(17(25)16(20)21)9-5-6-22-12(7-9)14-8-13(23-26-14)15-10(18)3-2-4-11(15)19/h2-8,16H,1H3. The van der Waals surface area contributed by atoms with Crippen molar-refractivity contribution >= 4 is 58.0 Å². The van der Waals surface area contributed by atoms with E-state index in [-0.39, 0.29) is 0 Å². The Bertz CT molecular complexity index is 938. The van der Waals surface area contributed by atoms with Crippen LogP contribution in [0.5, 0.6) is 0 Å². The van der Waals surface area contributed by atoms with Gasteiger partial charge in [-0.15, -0.1) is 0 Å². The molecule has 1 aromatic carbocycles. The topological polar surface area (TPSA) is 59.2 Å². The van der Waals surface area contributed by atoms with Crippen molar-refractivity contribution < 1.29 is 9.32 Å². The fourth-order valence-electron chi connectivity index (χ4n) is 2.29. The number of carbonyl (C=O) groups excluding carboxylic acids is 1. The first kappa shape index (κ1) is 19.0. The minimum atomic E-state index is -1.16. The quantitative estimate of drug-likeness (QED) is 0.514. The predicted molar refractivity (Wildman–Crippen MR) is 104 cm³/mol. The minimum absolute atomic E-state index is 0.395. The van der Waals surface area contributed by atoms with Crippen molar-refractivity contribution in [2.45, 2.75) is 4.84 Å². The molecule has 3 rings (SSSR count). The zero-order chi connectivity index (χ0) is 18.8. The summed E-state index contributed by atoms with van der Waals surface area (Å²) in [6, 6.07) is 10.2. The van der Waals surface area contributed by atoms with Crippen molar-refractivity contribution in [2.24, 2.45) is 0 Å². The van der Waals surface area contributed by atoms with E-state index in [4.69, 9.17) is 50.9 Å². The third kappa shape index (κ3) is 3.81. The lowest BCUT2D eigenvalue weighted by atomic mass is 10.1. The predicted octanol–water partition coefficient (Wildman–Crippen LogP) is 5.48. The lowest BCUT2D eigenvalue weighted by Gasteiger charge is -2.17. The molecule has 0 bridgehead atoms. The molecule has 0 atom stereocenters. The van der Waals surface area contributed by atoms with Crippen molar-refractivity contribution in [3.8, 4) is 22.7 Å². The molecular formula is C17H11Cl4N3O2. The Morgan fingerprint density at radius 3 is 2.46 bits per heavy atom. The van der Waals surface area contributed by atoms with E-state index in [1.54, 1.807) is 43.4 Å². The Hall–Kier alpha value is -1.79. The molecular weight excluding hydrogens is 420 g/mol. The fourth-order valence-corrected chi connectivity index (χ4v) is 3.18. The first-order chi connectivity index (χ1) is 12.4. The molecule has 0 fully saturated rings. The van der Waals surface area contributed by atoms with Gasteiger partial charge in [-0.05, 0) is 24.3 Å². The Balaban J connectivity index is 1.95. The summed E-state index contributed by atoms with van der Waals surface area (Å²) in [5.41, 5.74) is 2.08. The van der Waals surface area contributed by atoms with E-state index in [0.29, 0.717) is 38.4 Å². The van der Waals surface area contributed by atoms with Crippen LogP contribution in [0.2, 0.25) is 10.0 Å². The molecule has 5 nitrogen and oxygen atoms in total. The van der Waals surface area contributed by atoms with Gasteiger partial charge in [-0.1, -0.05) is 57.6 Å². The maximum absolute atomic E-state index is 11.9. The Labute approximate surface area is 169 Å². The summed E-state index contributed by atoms with van der Waals surface area (Å²) in [5.74, 6) is -0.0569. The molecule has 0 aliphatic rings. The van der Waals surface area contributed by atoms with Crippen molar-refractivity contribution in [3.05, 3.63) is 52.6 Å². The molecule has 9 heteroatoms. The number of hydrogen-bond donors (Lipinski definition) is 0. The number of pyridine rings is 1. The zero-order valence-electron chi connectivity index (χ0n) is 13.3. The van der Waals surface area contributed by atoms with Crippen molar-refractivity contribution in [1.29, 1.82) is 0 Å². The molecule has 0 aliphatic heterocycles. The first-order valence-corrected chi connectivity index (χ1v) is 8.94. The highest BCUT2D eigenvalue weighted by molar-refractivity contribution is 6.54. The number of nitrogens with zero attached hydrogens (tertiary/aromatic N) is 3. The highest BCUT2D eigenvalue weighted by Gasteiger charge is 2.20. The van der Waals surface area contributed by atoms with E-state index in [1.807, 2.05) is 0 Å². The van der Waals surface area contributed by atoms with E-state index in [9.17, 15) is 4.79 Å². The van der Waals surface area contributed by atoms with Gasteiger partial charge in [-0.2, -0.15) is 0 Å². The van der Waals surface area contributed by atoms with Crippen LogP contribution in [0, 0.1) is 0 Å². The number of carbonyl (C=O) groups is 1. The van der Waals surface area contributed by atoms with Crippen LogP contribution >= 0.6 is 46.4 Å². The van der Waals surface area contributed by atoms with Gasteiger partial charge in [0.1, 0.15) is 11.4 Å².